The van der Waals surface area contributed by atoms with Gasteiger partial charge in [-0.2, -0.15) is 13.2 Å². The molecule has 2 aromatic carbocycles. The zero-order valence-corrected chi connectivity index (χ0v) is 13.1. The lowest BCUT2D eigenvalue weighted by atomic mass is 10.1. The fourth-order valence-corrected chi connectivity index (χ4v) is 2.26. The Morgan fingerprint density at radius 2 is 1.56 bits per heavy atom. The molecule has 3 rings (SSSR count). The van der Waals surface area contributed by atoms with E-state index >= 15 is 0 Å². The smallest absolute Gasteiger partial charge is 0.416 e. The molecule has 27 heavy (non-hydrogen) atoms. The van der Waals surface area contributed by atoms with Crippen molar-refractivity contribution in [2.45, 2.75) is 6.18 Å². The summed E-state index contributed by atoms with van der Waals surface area (Å²) in [5, 5.41) is 0. The molecule has 0 saturated heterocycles. The molecule has 0 radical (unpaired) electrons. The summed E-state index contributed by atoms with van der Waals surface area (Å²) in [5.74, 6) is -5.38. The fourth-order valence-electron chi connectivity index (χ4n) is 2.26. The molecule has 140 valence electrons. The molecule has 0 saturated carbocycles. The summed E-state index contributed by atoms with van der Waals surface area (Å²) in [6, 6.07) is 5.72. The molecular weight excluding hydrogens is 378 g/mol. The number of ether oxygens (including phenoxy) is 1. The Morgan fingerprint density at radius 1 is 0.889 bits per heavy atom. The lowest BCUT2D eigenvalue weighted by Crippen LogP contribution is -2.07. The normalized spacial score (nSPS) is 11.5. The predicted molar refractivity (Wildman–Crippen MR) is 80.9 cm³/mol. The average molecular weight is 386 g/mol. The molecule has 0 aliphatic carbocycles. The van der Waals surface area contributed by atoms with E-state index in [1.807, 2.05) is 0 Å². The van der Waals surface area contributed by atoms with Crippen LogP contribution in [0.15, 0.2) is 46.9 Å². The molecule has 9 heteroatoms. The van der Waals surface area contributed by atoms with Crippen LogP contribution in [0.5, 0.6) is 11.5 Å². The molecule has 0 atom stereocenters. The summed E-state index contributed by atoms with van der Waals surface area (Å²) in [7, 11) is 0. The molecule has 0 N–H and O–H groups in total. The van der Waals surface area contributed by atoms with Gasteiger partial charge in [-0.25, -0.2) is 13.2 Å². The number of furan rings is 1. The molecule has 1 heterocycles. The van der Waals surface area contributed by atoms with Gasteiger partial charge in [0, 0.05) is 0 Å². The molecule has 0 spiro atoms. The summed E-state index contributed by atoms with van der Waals surface area (Å²) in [6.07, 6.45) is -4.53. The highest BCUT2D eigenvalue weighted by molar-refractivity contribution is 5.73. The van der Waals surface area contributed by atoms with Gasteiger partial charge < -0.3 is 9.15 Å². The van der Waals surface area contributed by atoms with E-state index in [0.29, 0.717) is 6.29 Å². The first-order valence-electron chi connectivity index (χ1n) is 7.28. The topological polar surface area (TPSA) is 39.4 Å². The van der Waals surface area contributed by atoms with Crippen LogP contribution >= 0.6 is 0 Å². The Morgan fingerprint density at radius 3 is 2.11 bits per heavy atom. The van der Waals surface area contributed by atoms with Gasteiger partial charge in [-0.05, 0) is 42.5 Å². The van der Waals surface area contributed by atoms with Crippen LogP contribution < -0.4 is 4.74 Å². The van der Waals surface area contributed by atoms with Gasteiger partial charge in [0.1, 0.15) is 17.3 Å². The van der Waals surface area contributed by atoms with E-state index in [1.54, 1.807) is 0 Å². The zero-order chi connectivity index (χ0) is 19.8. The van der Waals surface area contributed by atoms with Gasteiger partial charge in [0.25, 0.3) is 0 Å². The van der Waals surface area contributed by atoms with Gasteiger partial charge in [0.2, 0.25) is 0 Å². The van der Waals surface area contributed by atoms with Crippen LogP contribution in [-0.2, 0) is 6.18 Å². The summed E-state index contributed by atoms with van der Waals surface area (Å²) in [4.78, 5) is 10.6. The zero-order valence-electron chi connectivity index (χ0n) is 13.1. The van der Waals surface area contributed by atoms with Crippen LogP contribution in [0.2, 0.25) is 0 Å². The van der Waals surface area contributed by atoms with Gasteiger partial charge in [0.15, 0.2) is 29.4 Å². The van der Waals surface area contributed by atoms with Gasteiger partial charge in [-0.15, -0.1) is 0 Å². The van der Waals surface area contributed by atoms with Gasteiger partial charge in [0.05, 0.1) is 11.1 Å². The lowest BCUT2D eigenvalue weighted by Gasteiger charge is -2.12. The summed E-state index contributed by atoms with van der Waals surface area (Å²) >= 11 is 0. The van der Waals surface area contributed by atoms with Crippen LogP contribution in [0, 0.1) is 17.5 Å². The van der Waals surface area contributed by atoms with E-state index in [-0.39, 0.29) is 35.0 Å². The SMILES string of the molecule is O=Cc1ccc(-c2cc(Oc3c(F)cc(C(F)(F)F)cc3F)ccc2F)o1. The molecule has 0 bridgehead atoms. The first-order valence-corrected chi connectivity index (χ1v) is 7.28. The number of rotatable bonds is 4. The minimum atomic E-state index is -4.93. The van der Waals surface area contributed by atoms with Crippen molar-refractivity contribution in [3.8, 4) is 22.8 Å². The monoisotopic (exact) mass is 386 g/mol. The van der Waals surface area contributed by atoms with E-state index in [1.165, 1.54) is 12.1 Å². The van der Waals surface area contributed by atoms with Crippen molar-refractivity contribution >= 4 is 6.29 Å². The Balaban J connectivity index is 1.97. The summed E-state index contributed by atoms with van der Waals surface area (Å²) in [6.45, 7) is 0. The number of benzene rings is 2. The molecule has 0 unspecified atom stereocenters. The van der Waals surface area contributed by atoms with Gasteiger partial charge in [-0.1, -0.05) is 0 Å². The average Bonchev–Trinajstić information content (AvgIpc) is 3.07. The van der Waals surface area contributed by atoms with Crippen LogP contribution in [0.1, 0.15) is 16.1 Å². The van der Waals surface area contributed by atoms with Crippen molar-refractivity contribution in [1.29, 1.82) is 0 Å². The molecule has 0 amide bonds. The van der Waals surface area contributed by atoms with E-state index in [2.05, 4.69) is 0 Å². The number of carbonyl (C=O) groups excluding carboxylic acids is 1. The maximum absolute atomic E-state index is 14.0. The minimum Gasteiger partial charge on any atom is -0.453 e. The van der Waals surface area contributed by atoms with Crippen molar-refractivity contribution in [1.82, 2.24) is 0 Å². The number of carbonyl (C=O) groups is 1. The third kappa shape index (κ3) is 3.81. The number of hydrogen-bond donors (Lipinski definition) is 0. The van der Waals surface area contributed by atoms with E-state index < -0.39 is 34.9 Å². The van der Waals surface area contributed by atoms with Crippen molar-refractivity contribution in [3.05, 3.63) is 71.2 Å². The van der Waals surface area contributed by atoms with Crippen molar-refractivity contribution in [2.24, 2.45) is 0 Å². The number of halogens is 6. The van der Waals surface area contributed by atoms with E-state index in [9.17, 15) is 31.1 Å². The second kappa shape index (κ2) is 6.82. The standard InChI is InChI=1S/C18H8F6O3/c19-13-3-1-10(7-12(13)16-4-2-11(8-25)26-16)27-17-14(20)5-9(6-15(17)21)18(22,23)24/h1-8H. The van der Waals surface area contributed by atoms with Crippen LogP contribution in [0.3, 0.4) is 0 Å². The summed E-state index contributed by atoms with van der Waals surface area (Å²) < 4.78 is 89.5. The van der Waals surface area contributed by atoms with Crippen molar-refractivity contribution in [2.75, 3.05) is 0 Å². The minimum absolute atomic E-state index is 0.0478. The van der Waals surface area contributed by atoms with Crippen LogP contribution in [0.25, 0.3) is 11.3 Å². The largest absolute Gasteiger partial charge is 0.453 e. The highest BCUT2D eigenvalue weighted by atomic mass is 19.4. The third-order valence-electron chi connectivity index (χ3n) is 3.49. The molecule has 0 aliphatic rings. The lowest BCUT2D eigenvalue weighted by molar-refractivity contribution is -0.138. The molecule has 1 aromatic heterocycles. The second-order valence-electron chi connectivity index (χ2n) is 5.33. The highest BCUT2D eigenvalue weighted by Crippen LogP contribution is 2.36. The molecule has 0 aliphatic heterocycles. The predicted octanol–water partition coefficient (Wildman–Crippen LogP) is 5.99. The van der Waals surface area contributed by atoms with E-state index in [4.69, 9.17) is 9.15 Å². The Labute approximate surface area is 147 Å². The Kier molecular flexibility index (Phi) is 4.69. The van der Waals surface area contributed by atoms with Crippen LogP contribution in [-0.4, -0.2) is 6.29 Å². The Bertz CT molecular complexity index is 984. The maximum Gasteiger partial charge on any atom is 0.416 e. The van der Waals surface area contributed by atoms with Crippen molar-refractivity contribution in [3.63, 3.8) is 0 Å². The fraction of sp³-hybridized carbons (Fsp3) is 0.0556. The quantitative estimate of drug-likeness (QED) is 0.409. The highest BCUT2D eigenvalue weighted by Gasteiger charge is 2.33. The van der Waals surface area contributed by atoms with E-state index in [0.717, 1.165) is 18.2 Å². The summed E-state index contributed by atoms with van der Waals surface area (Å²) in [5.41, 5.74) is -1.69. The molecule has 0 fully saturated rings. The van der Waals surface area contributed by atoms with Gasteiger partial charge in [-0.3, -0.25) is 4.79 Å². The van der Waals surface area contributed by atoms with Crippen molar-refractivity contribution < 1.29 is 40.3 Å². The number of hydrogen-bond acceptors (Lipinski definition) is 3. The number of aldehydes is 1. The number of alkyl halides is 3. The third-order valence-corrected chi connectivity index (χ3v) is 3.49. The molecule has 3 nitrogen and oxygen atoms in total. The first-order chi connectivity index (χ1) is 12.7. The molecule has 3 aromatic rings. The Hall–Kier alpha value is -3.23. The first kappa shape index (κ1) is 18.6. The second-order valence-corrected chi connectivity index (χ2v) is 5.33. The molecular formula is C18H8F6O3. The van der Waals surface area contributed by atoms with Gasteiger partial charge >= 0.3 is 6.18 Å². The van der Waals surface area contributed by atoms with Crippen LogP contribution in [0.4, 0.5) is 26.3 Å². The maximum atomic E-state index is 14.0.